The van der Waals surface area contributed by atoms with Gasteiger partial charge in [0.15, 0.2) is 12.7 Å². The van der Waals surface area contributed by atoms with E-state index in [9.17, 15) is 19.2 Å². The van der Waals surface area contributed by atoms with Gasteiger partial charge in [0.05, 0.1) is 5.56 Å². The van der Waals surface area contributed by atoms with Crippen LogP contribution in [-0.2, 0) is 19.1 Å². The number of carbonyl (C=O) groups is 4. The van der Waals surface area contributed by atoms with E-state index in [0.29, 0.717) is 23.7 Å². The fourth-order valence-corrected chi connectivity index (χ4v) is 3.68. The van der Waals surface area contributed by atoms with E-state index in [1.165, 1.54) is 13.0 Å². The van der Waals surface area contributed by atoms with Crippen molar-refractivity contribution in [3.63, 3.8) is 0 Å². The van der Waals surface area contributed by atoms with Crippen molar-refractivity contribution in [1.82, 2.24) is 0 Å². The minimum absolute atomic E-state index is 0.0880. The fraction of sp³-hybridized carbons (Fsp3) is 0.300. The third kappa shape index (κ3) is 5.15. The Labute approximate surface area is 176 Å². The molecule has 2 aromatic rings. The van der Waals surface area contributed by atoms with Gasteiger partial charge in [-0.2, -0.15) is 0 Å². The zero-order chi connectivity index (χ0) is 21.7. The first-order chi connectivity index (χ1) is 14.3. The van der Waals surface area contributed by atoms with Gasteiger partial charge >= 0.3 is 5.97 Å². The smallest absolute Gasteiger partial charge is 0.344 e. The van der Waals surface area contributed by atoms with Crippen LogP contribution in [0, 0.1) is 0 Å². The molecule has 0 spiro atoms. The van der Waals surface area contributed by atoms with Crippen molar-refractivity contribution in [2.24, 2.45) is 5.73 Å². The molecule has 0 aliphatic carbocycles. The molecule has 3 amide bonds. The number of primary amides is 1. The number of hydrogen-bond acceptors (Lipinski definition) is 7. The van der Waals surface area contributed by atoms with Crippen LogP contribution in [0.3, 0.4) is 0 Å². The second-order valence-electron chi connectivity index (χ2n) is 6.58. The van der Waals surface area contributed by atoms with Crippen molar-refractivity contribution in [3.05, 3.63) is 41.3 Å². The van der Waals surface area contributed by atoms with Crippen LogP contribution in [0.4, 0.5) is 10.7 Å². The lowest BCUT2D eigenvalue weighted by molar-refractivity contribution is -0.155. The zero-order valence-corrected chi connectivity index (χ0v) is 17.1. The van der Waals surface area contributed by atoms with Crippen molar-refractivity contribution < 1.29 is 28.7 Å². The maximum absolute atomic E-state index is 12.2. The third-order valence-electron chi connectivity index (χ3n) is 4.42. The van der Waals surface area contributed by atoms with Gasteiger partial charge in [0.2, 0.25) is 5.91 Å². The molecule has 0 bridgehead atoms. The lowest BCUT2D eigenvalue weighted by Crippen LogP contribution is -2.32. The van der Waals surface area contributed by atoms with E-state index in [0.717, 1.165) is 23.4 Å². The first-order valence-corrected chi connectivity index (χ1v) is 10.1. The Morgan fingerprint density at radius 1 is 1.23 bits per heavy atom. The molecule has 10 heteroatoms. The van der Waals surface area contributed by atoms with Crippen molar-refractivity contribution in [3.8, 4) is 5.75 Å². The van der Waals surface area contributed by atoms with Gasteiger partial charge in [-0.3, -0.25) is 14.4 Å². The number of ether oxygens (including phenoxy) is 2. The minimum Gasteiger partial charge on any atom is -0.482 e. The van der Waals surface area contributed by atoms with Crippen LogP contribution in [0.1, 0.15) is 30.1 Å². The van der Waals surface area contributed by atoms with Gasteiger partial charge in [0.1, 0.15) is 10.8 Å². The van der Waals surface area contributed by atoms with Gasteiger partial charge in [-0.1, -0.05) is 0 Å². The summed E-state index contributed by atoms with van der Waals surface area (Å²) in [7, 11) is 0. The van der Waals surface area contributed by atoms with Crippen LogP contribution in [0.2, 0.25) is 0 Å². The minimum atomic E-state index is -1.09. The molecule has 3 N–H and O–H groups in total. The summed E-state index contributed by atoms with van der Waals surface area (Å²) in [6, 6.07) is 8.31. The molecule has 0 saturated carbocycles. The summed E-state index contributed by atoms with van der Waals surface area (Å²) in [6.07, 6.45) is 0.296. The van der Waals surface area contributed by atoms with Crippen LogP contribution in [0.5, 0.6) is 5.75 Å². The number of thiophene rings is 1. The second kappa shape index (κ2) is 9.40. The fourth-order valence-electron chi connectivity index (χ4n) is 2.88. The average Bonchev–Trinajstić information content (AvgIpc) is 3.35. The number of amides is 3. The number of carbonyl (C=O) groups excluding carboxylic acids is 4. The molecule has 9 nitrogen and oxygen atoms in total. The van der Waals surface area contributed by atoms with E-state index in [4.69, 9.17) is 15.2 Å². The van der Waals surface area contributed by atoms with Crippen molar-refractivity contribution in [2.45, 2.75) is 25.9 Å². The largest absolute Gasteiger partial charge is 0.482 e. The second-order valence-corrected chi connectivity index (χ2v) is 7.50. The molecule has 1 aliphatic rings. The summed E-state index contributed by atoms with van der Waals surface area (Å²) >= 11 is 1.14. The van der Waals surface area contributed by atoms with E-state index in [1.54, 1.807) is 34.5 Å². The summed E-state index contributed by atoms with van der Waals surface area (Å²) in [6.45, 7) is 1.72. The number of rotatable bonds is 8. The molecule has 1 atom stereocenters. The molecule has 1 aromatic heterocycles. The standard InChI is InChI=1S/C20H21N3O6S/c1-12(19(27)22-20-15(18(21)26)8-10-30-20)29-17(25)11-28-14-6-4-13(5-7-14)23-9-2-3-16(23)24/h4-8,10,12H,2-3,9,11H2,1H3,(H2,21,26)(H,22,27). The number of benzene rings is 1. The monoisotopic (exact) mass is 431 g/mol. The molecule has 158 valence electrons. The number of nitrogens with zero attached hydrogens (tertiary/aromatic N) is 1. The van der Waals surface area contributed by atoms with E-state index in [1.807, 2.05) is 0 Å². The van der Waals surface area contributed by atoms with E-state index in [-0.39, 0.29) is 18.1 Å². The van der Waals surface area contributed by atoms with Crippen LogP contribution < -0.4 is 20.7 Å². The van der Waals surface area contributed by atoms with Crippen molar-refractivity contribution >= 4 is 45.7 Å². The average molecular weight is 431 g/mol. The molecule has 1 aliphatic heterocycles. The highest BCUT2D eigenvalue weighted by atomic mass is 32.1. The molecular weight excluding hydrogens is 410 g/mol. The molecule has 0 radical (unpaired) electrons. The number of anilines is 2. The highest BCUT2D eigenvalue weighted by molar-refractivity contribution is 7.14. The Morgan fingerprint density at radius 2 is 1.97 bits per heavy atom. The van der Waals surface area contributed by atoms with Gasteiger partial charge in [-0.25, -0.2) is 4.79 Å². The first kappa shape index (κ1) is 21.3. The van der Waals surface area contributed by atoms with Crippen LogP contribution in [0.15, 0.2) is 35.7 Å². The van der Waals surface area contributed by atoms with E-state index < -0.39 is 23.9 Å². The number of esters is 1. The van der Waals surface area contributed by atoms with E-state index >= 15 is 0 Å². The predicted octanol–water partition coefficient (Wildman–Crippen LogP) is 1.92. The summed E-state index contributed by atoms with van der Waals surface area (Å²) in [4.78, 5) is 48.9. The van der Waals surface area contributed by atoms with Gasteiger partial charge in [0.25, 0.3) is 11.8 Å². The quantitative estimate of drug-likeness (QED) is 0.615. The lowest BCUT2D eigenvalue weighted by atomic mass is 10.3. The van der Waals surface area contributed by atoms with Crippen molar-refractivity contribution in [1.29, 1.82) is 0 Å². The molecule has 1 unspecified atom stereocenters. The highest BCUT2D eigenvalue weighted by Crippen LogP contribution is 2.24. The Morgan fingerprint density at radius 3 is 2.60 bits per heavy atom. The molecular formula is C20H21N3O6S. The lowest BCUT2D eigenvalue weighted by Gasteiger charge is -2.16. The van der Waals surface area contributed by atoms with Gasteiger partial charge < -0.3 is 25.4 Å². The molecule has 30 heavy (non-hydrogen) atoms. The van der Waals surface area contributed by atoms with Crippen LogP contribution in [-0.4, -0.2) is 42.9 Å². The maximum Gasteiger partial charge on any atom is 0.344 e. The zero-order valence-electron chi connectivity index (χ0n) is 16.3. The molecule has 1 saturated heterocycles. The Kier molecular flexibility index (Phi) is 6.68. The molecule has 2 heterocycles. The molecule has 1 aromatic carbocycles. The molecule has 1 fully saturated rings. The van der Waals surface area contributed by atoms with Gasteiger partial charge in [0, 0.05) is 18.7 Å². The van der Waals surface area contributed by atoms with E-state index in [2.05, 4.69) is 5.32 Å². The van der Waals surface area contributed by atoms with Crippen LogP contribution >= 0.6 is 11.3 Å². The summed E-state index contributed by atoms with van der Waals surface area (Å²) < 4.78 is 10.4. The number of hydrogen-bond donors (Lipinski definition) is 2. The van der Waals surface area contributed by atoms with Gasteiger partial charge in [-0.05, 0) is 49.1 Å². The molecule has 3 rings (SSSR count). The Hall–Kier alpha value is -3.40. The topological polar surface area (TPSA) is 128 Å². The highest BCUT2D eigenvalue weighted by Gasteiger charge is 2.22. The first-order valence-electron chi connectivity index (χ1n) is 9.26. The Balaban J connectivity index is 1.46. The summed E-state index contributed by atoms with van der Waals surface area (Å²) in [5.41, 5.74) is 6.20. The van der Waals surface area contributed by atoms with Crippen LogP contribution in [0.25, 0.3) is 0 Å². The maximum atomic E-state index is 12.2. The predicted molar refractivity (Wildman–Crippen MR) is 111 cm³/mol. The number of nitrogens with two attached hydrogens (primary N) is 1. The van der Waals surface area contributed by atoms with Crippen molar-refractivity contribution in [2.75, 3.05) is 23.4 Å². The third-order valence-corrected chi connectivity index (χ3v) is 5.25. The SMILES string of the molecule is CC(OC(=O)COc1ccc(N2CCCC2=O)cc1)C(=O)Nc1sccc1C(N)=O. The number of nitrogens with one attached hydrogen (secondary N) is 1. The summed E-state index contributed by atoms with van der Waals surface area (Å²) in [5, 5.41) is 4.43. The van der Waals surface area contributed by atoms with Gasteiger partial charge in [-0.15, -0.1) is 11.3 Å². The summed E-state index contributed by atoms with van der Waals surface area (Å²) in [5.74, 6) is -1.45. The Bertz CT molecular complexity index is 956. The normalized spacial score (nSPS) is 14.3.